The van der Waals surface area contributed by atoms with Crippen LogP contribution in [0, 0.1) is 13.8 Å². The maximum Gasteiger partial charge on any atom is 0.275 e. The van der Waals surface area contributed by atoms with E-state index in [9.17, 15) is 4.79 Å². The van der Waals surface area contributed by atoms with Crippen molar-refractivity contribution in [2.45, 2.75) is 33.2 Å². The molecule has 4 aromatic carbocycles. The number of rotatable bonds is 6. The third kappa shape index (κ3) is 4.07. The highest BCUT2D eigenvalue weighted by molar-refractivity contribution is 6.03. The van der Waals surface area contributed by atoms with Gasteiger partial charge in [-0.2, -0.15) is 5.10 Å². The lowest BCUT2D eigenvalue weighted by atomic mass is 9.74. The van der Waals surface area contributed by atoms with Gasteiger partial charge in [-0.3, -0.25) is 4.79 Å². The minimum atomic E-state index is -1.05. The number of benzene rings is 4. The molecule has 0 bridgehead atoms. The number of nitrogens with one attached hydrogen (secondary N) is 2. The van der Waals surface area contributed by atoms with E-state index in [1.807, 2.05) is 72.8 Å². The van der Waals surface area contributed by atoms with Crippen molar-refractivity contribution in [1.82, 2.24) is 9.99 Å². The molecule has 2 aliphatic heterocycles. The van der Waals surface area contributed by atoms with E-state index in [0.29, 0.717) is 22.8 Å². The second-order valence-corrected chi connectivity index (χ2v) is 11.0. The Morgan fingerprint density at radius 2 is 1.44 bits per heavy atom. The number of anilines is 2. The lowest BCUT2D eigenvalue weighted by Crippen LogP contribution is -2.44. The summed E-state index contributed by atoms with van der Waals surface area (Å²) in [6.45, 7) is 9.87. The lowest BCUT2D eigenvalue weighted by Gasteiger charge is -2.42. The van der Waals surface area contributed by atoms with Crippen LogP contribution in [-0.2, 0) is 5.54 Å². The molecular formula is C36H33N5O2. The standard InChI is InChI=1S/C36H33N5O2/c1-5-37-31-19-33-28(17-22(31)3)36(29-18-23(4)32(38-6-2)20-34(29)43-33)27-13-9-8-12-26(27)35(42)41(36)39-21-25-16-15-24-11-7-10-14-30(24)40-25/h7-21,37-38H,5-6H2,1-4H3/b39-21+. The van der Waals surface area contributed by atoms with Crippen molar-refractivity contribution in [2.24, 2.45) is 5.10 Å². The number of amides is 1. The molecule has 0 saturated carbocycles. The highest BCUT2D eigenvalue weighted by atomic mass is 16.5. The van der Waals surface area contributed by atoms with E-state index in [0.717, 1.165) is 63.2 Å². The Bertz CT molecular complexity index is 1890. The largest absolute Gasteiger partial charge is 0.456 e. The third-order valence-electron chi connectivity index (χ3n) is 8.37. The Balaban J connectivity index is 1.51. The van der Waals surface area contributed by atoms with Crippen molar-refractivity contribution in [3.05, 3.63) is 124 Å². The van der Waals surface area contributed by atoms with Gasteiger partial charge >= 0.3 is 0 Å². The van der Waals surface area contributed by atoms with Gasteiger partial charge in [0.2, 0.25) is 0 Å². The second-order valence-electron chi connectivity index (χ2n) is 11.0. The number of carbonyl (C=O) groups is 1. The molecule has 2 N–H and O–H groups in total. The smallest absolute Gasteiger partial charge is 0.275 e. The zero-order valence-electron chi connectivity index (χ0n) is 24.7. The third-order valence-corrected chi connectivity index (χ3v) is 8.37. The number of hydrazone groups is 1. The van der Waals surface area contributed by atoms with Crippen LogP contribution in [-0.4, -0.2) is 35.2 Å². The Morgan fingerprint density at radius 3 is 2.12 bits per heavy atom. The summed E-state index contributed by atoms with van der Waals surface area (Å²) in [5.41, 5.74) is 7.84. The van der Waals surface area contributed by atoms with E-state index in [1.54, 1.807) is 11.2 Å². The normalized spacial score (nSPS) is 14.5. The molecule has 2 aliphatic rings. The fraction of sp³-hybridized carbons (Fsp3) is 0.194. The zero-order chi connectivity index (χ0) is 29.7. The number of hydrogen-bond donors (Lipinski definition) is 2. The summed E-state index contributed by atoms with van der Waals surface area (Å²) < 4.78 is 6.68. The Labute approximate surface area is 251 Å². The second kappa shape index (κ2) is 10.3. The van der Waals surface area contributed by atoms with Crippen LogP contribution in [0.15, 0.2) is 90.0 Å². The molecule has 0 radical (unpaired) electrons. The Morgan fingerprint density at radius 1 is 0.814 bits per heavy atom. The average Bonchev–Trinajstić information content (AvgIpc) is 3.26. The maximum absolute atomic E-state index is 14.4. The van der Waals surface area contributed by atoms with Crippen LogP contribution in [0.5, 0.6) is 11.5 Å². The molecule has 43 heavy (non-hydrogen) atoms. The van der Waals surface area contributed by atoms with Crippen LogP contribution >= 0.6 is 0 Å². The van der Waals surface area contributed by atoms with Gasteiger partial charge in [0.25, 0.3) is 5.91 Å². The minimum Gasteiger partial charge on any atom is -0.456 e. The van der Waals surface area contributed by atoms with Gasteiger partial charge in [-0.25, -0.2) is 9.99 Å². The molecule has 214 valence electrons. The first-order chi connectivity index (χ1) is 20.9. The fourth-order valence-corrected chi connectivity index (χ4v) is 6.43. The topological polar surface area (TPSA) is 78.9 Å². The molecule has 0 saturated heterocycles. The molecule has 7 nitrogen and oxygen atoms in total. The number of ether oxygens (including phenoxy) is 1. The first-order valence-electron chi connectivity index (χ1n) is 14.7. The van der Waals surface area contributed by atoms with Gasteiger partial charge in [0.15, 0.2) is 0 Å². The summed E-state index contributed by atoms with van der Waals surface area (Å²) >= 11 is 0. The van der Waals surface area contributed by atoms with Gasteiger partial charge in [-0.1, -0.05) is 42.5 Å². The molecule has 0 aliphatic carbocycles. The molecule has 7 rings (SSSR count). The molecule has 0 unspecified atom stereocenters. The van der Waals surface area contributed by atoms with Crippen LogP contribution in [0.3, 0.4) is 0 Å². The van der Waals surface area contributed by atoms with E-state index < -0.39 is 5.54 Å². The van der Waals surface area contributed by atoms with E-state index in [1.165, 1.54) is 0 Å². The van der Waals surface area contributed by atoms with Gasteiger partial charge in [0.05, 0.1) is 17.4 Å². The molecule has 0 atom stereocenters. The van der Waals surface area contributed by atoms with Crippen LogP contribution in [0.25, 0.3) is 10.9 Å². The monoisotopic (exact) mass is 567 g/mol. The van der Waals surface area contributed by atoms with E-state index >= 15 is 0 Å². The van der Waals surface area contributed by atoms with Crippen molar-refractivity contribution in [1.29, 1.82) is 0 Å². The Kier molecular flexibility index (Phi) is 6.38. The number of pyridine rings is 1. The summed E-state index contributed by atoms with van der Waals surface area (Å²) in [6, 6.07) is 28.1. The number of aromatic nitrogens is 1. The van der Waals surface area contributed by atoms with Gasteiger partial charge < -0.3 is 15.4 Å². The highest BCUT2D eigenvalue weighted by Crippen LogP contribution is 2.58. The molecule has 5 aromatic rings. The molecule has 1 amide bonds. The summed E-state index contributed by atoms with van der Waals surface area (Å²) in [5.74, 6) is 1.20. The van der Waals surface area contributed by atoms with Gasteiger partial charge in [0.1, 0.15) is 17.0 Å². The number of aryl methyl sites for hydroxylation is 2. The highest BCUT2D eigenvalue weighted by Gasteiger charge is 2.57. The minimum absolute atomic E-state index is 0.173. The van der Waals surface area contributed by atoms with E-state index in [-0.39, 0.29) is 5.91 Å². The van der Waals surface area contributed by atoms with Gasteiger partial charge in [-0.15, -0.1) is 0 Å². The van der Waals surface area contributed by atoms with Crippen LogP contribution < -0.4 is 15.4 Å². The summed E-state index contributed by atoms with van der Waals surface area (Å²) in [5, 5.41) is 14.6. The molecule has 0 fully saturated rings. The van der Waals surface area contributed by atoms with Crippen molar-refractivity contribution in [3.8, 4) is 11.5 Å². The fourth-order valence-electron chi connectivity index (χ4n) is 6.43. The van der Waals surface area contributed by atoms with Crippen molar-refractivity contribution < 1.29 is 9.53 Å². The zero-order valence-corrected chi connectivity index (χ0v) is 24.7. The van der Waals surface area contributed by atoms with Crippen molar-refractivity contribution >= 4 is 34.4 Å². The quantitative estimate of drug-likeness (QED) is 0.207. The average molecular weight is 568 g/mol. The molecule has 7 heteroatoms. The lowest BCUT2D eigenvalue weighted by molar-refractivity contribution is 0.0675. The van der Waals surface area contributed by atoms with E-state index in [2.05, 4.69) is 50.5 Å². The molecular weight excluding hydrogens is 534 g/mol. The summed E-state index contributed by atoms with van der Waals surface area (Å²) in [6.07, 6.45) is 1.69. The van der Waals surface area contributed by atoms with Crippen LogP contribution in [0.4, 0.5) is 11.4 Å². The SMILES string of the molecule is CCNc1cc2c(cc1C)C1(c3cc(C)c(NCC)cc3O2)c2ccccc2C(=O)N1/N=C/c1ccc2ccccc2n1. The molecule has 3 heterocycles. The van der Waals surface area contributed by atoms with Crippen LogP contribution in [0.1, 0.15) is 57.7 Å². The number of para-hydroxylation sites is 1. The van der Waals surface area contributed by atoms with Crippen molar-refractivity contribution in [2.75, 3.05) is 23.7 Å². The van der Waals surface area contributed by atoms with Crippen LogP contribution in [0.2, 0.25) is 0 Å². The predicted molar refractivity (Wildman–Crippen MR) is 173 cm³/mol. The molecule has 1 aromatic heterocycles. The Hall–Kier alpha value is -5.17. The van der Waals surface area contributed by atoms with Gasteiger partial charge in [-0.05, 0) is 69.2 Å². The number of fused-ring (bicyclic) bond motifs is 7. The summed E-state index contributed by atoms with van der Waals surface area (Å²) in [4.78, 5) is 19.2. The number of hydrogen-bond acceptors (Lipinski definition) is 6. The first-order valence-corrected chi connectivity index (χ1v) is 14.7. The summed E-state index contributed by atoms with van der Waals surface area (Å²) in [7, 11) is 0. The predicted octanol–water partition coefficient (Wildman–Crippen LogP) is 7.60. The van der Waals surface area contributed by atoms with Gasteiger partial charge in [0, 0.05) is 64.2 Å². The number of carbonyl (C=O) groups excluding carboxylic acids is 1. The maximum atomic E-state index is 14.4. The number of nitrogens with zero attached hydrogens (tertiary/aromatic N) is 3. The first kappa shape index (κ1) is 26.7. The molecule has 1 spiro atoms. The van der Waals surface area contributed by atoms with E-state index in [4.69, 9.17) is 14.8 Å². The van der Waals surface area contributed by atoms with Crippen molar-refractivity contribution in [3.63, 3.8) is 0 Å².